The molecule has 1 aliphatic carbocycles. The van der Waals surface area contributed by atoms with Crippen LogP contribution >= 0.6 is 0 Å². The number of ether oxygens (including phenoxy) is 1. The van der Waals surface area contributed by atoms with Gasteiger partial charge in [-0.2, -0.15) is 0 Å². The second kappa shape index (κ2) is 8.10. The van der Waals surface area contributed by atoms with E-state index in [2.05, 4.69) is 15.0 Å². The van der Waals surface area contributed by atoms with Gasteiger partial charge in [0.1, 0.15) is 11.8 Å². The smallest absolute Gasteiger partial charge is 0.273 e. The van der Waals surface area contributed by atoms with Crippen LogP contribution in [0.25, 0.3) is 11.3 Å². The minimum Gasteiger partial charge on any atom is -0.472 e. The molecule has 3 aromatic rings. The lowest BCUT2D eigenvalue weighted by atomic mass is 9.77. The molecule has 158 valence electrons. The summed E-state index contributed by atoms with van der Waals surface area (Å²) in [6.07, 6.45) is 8.25. The molecular formula is C25H26N4O2. The summed E-state index contributed by atoms with van der Waals surface area (Å²) in [4.78, 5) is 29.1. The minimum atomic E-state index is -0.0465. The molecule has 2 bridgehead atoms. The molecule has 0 radical (unpaired) electrons. The Morgan fingerprint density at radius 2 is 1.94 bits per heavy atom. The number of aryl methyl sites for hydroxylation is 2. The molecule has 1 amide bonds. The van der Waals surface area contributed by atoms with Gasteiger partial charge in [0.15, 0.2) is 0 Å². The summed E-state index contributed by atoms with van der Waals surface area (Å²) in [5, 5.41) is 0. The van der Waals surface area contributed by atoms with Crippen molar-refractivity contribution in [3.05, 3.63) is 71.8 Å². The maximum atomic E-state index is 13.7. The highest BCUT2D eigenvalue weighted by Gasteiger charge is 2.45. The van der Waals surface area contributed by atoms with Crippen molar-refractivity contribution in [1.29, 1.82) is 0 Å². The van der Waals surface area contributed by atoms with E-state index >= 15 is 0 Å². The van der Waals surface area contributed by atoms with Crippen LogP contribution in [0.3, 0.4) is 0 Å². The van der Waals surface area contributed by atoms with Crippen LogP contribution in [0.2, 0.25) is 0 Å². The second-order valence-electron chi connectivity index (χ2n) is 8.60. The molecule has 31 heavy (non-hydrogen) atoms. The Kier molecular flexibility index (Phi) is 5.14. The summed E-state index contributed by atoms with van der Waals surface area (Å²) in [5.41, 5.74) is 4.15. The van der Waals surface area contributed by atoms with E-state index in [1.807, 2.05) is 61.3 Å². The Morgan fingerprint density at radius 3 is 2.68 bits per heavy atom. The maximum absolute atomic E-state index is 13.7. The quantitative estimate of drug-likeness (QED) is 0.639. The zero-order valence-corrected chi connectivity index (χ0v) is 17.9. The highest BCUT2D eigenvalue weighted by atomic mass is 16.5. The van der Waals surface area contributed by atoms with Gasteiger partial charge in [0, 0.05) is 36.8 Å². The SMILES string of the molecule is Cc1ccc(OC2CC3CCC2N(C(=O)c2nccc(C)c2-c2ccccn2)C3)nc1. The standard InChI is InChI=1S/C25H26N4O2/c1-16-6-9-22(28-14-16)31-21-13-18-7-8-20(21)29(15-18)25(30)24-23(17(2)10-12-27-24)19-5-3-4-11-26-19/h3-6,9-12,14,18,20-21H,7-8,13,15H2,1-2H3. The van der Waals surface area contributed by atoms with E-state index in [4.69, 9.17) is 4.74 Å². The van der Waals surface area contributed by atoms with Gasteiger partial charge in [-0.1, -0.05) is 12.1 Å². The second-order valence-corrected chi connectivity index (χ2v) is 8.60. The molecule has 3 unspecified atom stereocenters. The maximum Gasteiger partial charge on any atom is 0.273 e. The van der Waals surface area contributed by atoms with Crippen molar-refractivity contribution in [1.82, 2.24) is 19.9 Å². The van der Waals surface area contributed by atoms with Crippen molar-refractivity contribution in [3.63, 3.8) is 0 Å². The summed E-state index contributed by atoms with van der Waals surface area (Å²) < 4.78 is 6.26. The largest absolute Gasteiger partial charge is 0.472 e. The van der Waals surface area contributed by atoms with Gasteiger partial charge in [-0.25, -0.2) is 4.98 Å². The number of pyridine rings is 3. The van der Waals surface area contributed by atoms with Gasteiger partial charge < -0.3 is 9.64 Å². The first-order valence-corrected chi connectivity index (χ1v) is 10.9. The fourth-order valence-electron chi connectivity index (χ4n) is 4.86. The lowest BCUT2D eigenvalue weighted by Gasteiger charge is -2.49. The van der Waals surface area contributed by atoms with Crippen LogP contribution in [-0.2, 0) is 0 Å². The molecule has 0 aromatic carbocycles. The first kappa shape index (κ1) is 19.7. The van der Waals surface area contributed by atoms with Crippen LogP contribution in [0, 0.1) is 19.8 Å². The molecule has 2 saturated heterocycles. The number of nitrogens with zero attached hydrogens (tertiary/aromatic N) is 4. The number of hydrogen-bond donors (Lipinski definition) is 0. The highest BCUT2D eigenvalue weighted by Crippen LogP contribution is 2.38. The number of hydrogen-bond acceptors (Lipinski definition) is 5. The van der Waals surface area contributed by atoms with Gasteiger partial charge in [0.2, 0.25) is 5.88 Å². The van der Waals surface area contributed by atoms with E-state index in [1.54, 1.807) is 12.4 Å². The molecule has 5 heterocycles. The summed E-state index contributed by atoms with van der Waals surface area (Å²) >= 11 is 0. The van der Waals surface area contributed by atoms with Crippen molar-refractivity contribution >= 4 is 5.91 Å². The van der Waals surface area contributed by atoms with Crippen LogP contribution in [0.4, 0.5) is 0 Å². The zero-order chi connectivity index (χ0) is 21.4. The molecular weight excluding hydrogens is 388 g/mol. The number of aromatic nitrogens is 3. The number of fused-ring (bicyclic) bond motifs is 3. The van der Waals surface area contributed by atoms with Crippen molar-refractivity contribution in [2.24, 2.45) is 5.92 Å². The fraction of sp³-hybridized carbons (Fsp3) is 0.360. The third-order valence-corrected chi connectivity index (χ3v) is 6.42. The molecule has 6 heteroatoms. The van der Waals surface area contributed by atoms with E-state index in [-0.39, 0.29) is 18.1 Å². The van der Waals surface area contributed by atoms with Crippen LogP contribution in [0.15, 0.2) is 55.0 Å². The molecule has 3 aromatic heterocycles. The summed E-state index contributed by atoms with van der Waals surface area (Å²) in [6.45, 7) is 4.76. The Labute approximate surface area is 182 Å². The van der Waals surface area contributed by atoms with Crippen molar-refractivity contribution in [2.45, 2.75) is 45.3 Å². The fourth-order valence-corrected chi connectivity index (χ4v) is 4.86. The zero-order valence-electron chi connectivity index (χ0n) is 17.9. The molecule has 3 fully saturated rings. The monoisotopic (exact) mass is 414 g/mol. The lowest BCUT2D eigenvalue weighted by Crippen LogP contribution is -2.59. The van der Waals surface area contributed by atoms with Crippen LogP contribution in [-0.4, -0.2) is 44.4 Å². The van der Waals surface area contributed by atoms with Crippen molar-refractivity contribution < 1.29 is 9.53 Å². The van der Waals surface area contributed by atoms with Crippen LogP contribution in [0.1, 0.15) is 40.9 Å². The van der Waals surface area contributed by atoms with Gasteiger partial charge in [0.25, 0.3) is 5.91 Å². The van der Waals surface area contributed by atoms with E-state index in [0.717, 1.165) is 48.2 Å². The first-order valence-electron chi connectivity index (χ1n) is 10.9. The molecule has 3 atom stereocenters. The Hall–Kier alpha value is -3.28. The van der Waals surface area contributed by atoms with Crippen LogP contribution in [0.5, 0.6) is 5.88 Å². The number of carbonyl (C=O) groups is 1. The lowest BCUT2D eigenvalue weighted by molar-refractivity contribution is -0.0315. The Morgan fingerprint density at radius 1 is 1.03 bits per heavy atom. The summed E-state index contributed by atoms with van der Waals surface area (Å²) in [5.74, 6) is 1.02. The average molecular weight is 415 g/mol. The molecule has 0 spiro atoms. The van der Waals surface area contributed by atoms with E-state index < -0.39 is 0 Å². The normalized spacial score (nSPS) is 22.4. The Balaban J connectivity index is 1.45. The molecule has 3 aliphatic rings. The Bertz CT molecular complexity index is 1080. The summed E-state index contributed by atoms with van der Waals surface area (Å²) in [6, 6.07) is 11.6. The molecule has 6 rings (SSSR count). The van der Waals surface area contributed by atoms with Gasteiger partial charge in [0.05, 0.1) is 11.7 Å². The van der Waals surface area contributed by atoms with Crippen molar-refractivity contribution in [2.75, 3.05) is 6.54 Å². The summed E-state index contributed by atoms with van der Waals surface area (Å²) in [7, 11) is 0. The number of rotatable bonds is 4. The van der Waals surface area contributed by atoms with Gasteiger partial charge in [-0.05, 0) is 68.4 Å². The third-order valence-electron chi connectivity index (χ3n) is 6.42. The van der Waals surface area contributed by atoms with E-state index in [9.17, 15) is 4.79 Å². The molecule has 1 saturated carbocycles. The molecule has 6 nitrogen and oxygen atoms in total. The van der Waals surface area contributed by atoms with Crippen LogP contribution < -0.4 is 4.74 Å². The predicted octanol–water partition coefficient (Wildman–Crippen LogP) is 4.23. The van der Waals surface area contributed by atoms with E-state index in [1.165, 1.54) is 0 Å². The number of carbonyl (C=O) groups excluding carboxylic acids is 1. The predicted molar refractivity (Wildman–Crippen MR) is 118 cm³/mol. The topological polar surface area (TPSA) is 68.2 Å². The molecule has 0 N–H and O–H groups in total. The van der Waals surface area contributed by atoms with Gasteiger partial charge in [-0.15, -0.1) is 0 Å². The van der Waals surface area contributed by atoms with Gasteiger partial charge >= 0.3 is 0 Å². The third kappa shape index (κ3) is 3.78. The van der Waals surface area contributed by atoms with Gasteiger partial charge in [-0.3, -0.25) is 14.8 Å². The number of amides is 1. The van der Waals surface area contributed by atoms with Crippen molar-refractivity contribution in [3.8, 4) is 17.1 Å². The highest BCUT2D eigenvalue weighted by molar-refractivity contribution is 5.99. The minimum absolute atomic E-state index is 0.0273. The van der Waals surface area contributed by atoms with E-state index in [0.29, 0.717) is 17.5 Å². The number of piperidine rings is 2. The average Bonchev–Trinajstić information content (AvgIpc) is 2.81. The first-order chi connectivity index (χ1) is 15.1. The molecule has 2 aliphatic heterocycles.